The van der Waals surface area contributed by atoms with Gasteiger partial charge < -0.3 is 5.32 Å². The topological polar surface area (TPSA) is 12.0 Å². The molecule has 0 amide bonds. The molecule has 81 valence electrons. The Morgan fingerprint density at radius 3 is 2.62 bits per heavy atom. The van der Waals surface area contributed by atoms with Crippen molar-refractivity contribution < 1.29 is 4.39 Å². The minimum Gasteiger partial charge on any atom is -0.385 e. The largest absolute Gasteiger partial charge is 0.385 e. The molecule has 0 aliphatic rings. The molecular formula is C14H13FN. The molecule has 0 fully saturated rings. The van der Waals surface area contributed by atoms with Crippen molar-refractivity contribution in [1.29, 1.82) is 0 Å². The van der Waals surface area contributed by atoms with Gasteiger partial charge in [-0.15, -0.1) is 0 Å². The van der Waals surface area contributed by atoms with Gasteiger partial charge in [0, 0.05) is 17.8 Å². The summed E-state index contributed by atoms with van der Waals surface area (Å²) in [5.41, 5.74) is 2.84. The first kappa shape index (κ1) is 10.7. The molecule has 0 bridgehead atoms. The van der Waals surface area contributed by atoms with Crippen LogP contribution in [0.2, 0.25) is 0 Å². The van der Waals surface area contributed by atoms with Crippen LogP contribution in [0.3, 0.4) is 0 Å². The molecule has 0 aliphatic carbocycles. The predicted molar refractivity (Wildman–Crippen MR) is 65.7 cm³/mol. The van der Waals surface area contributed by atoms with Crippen molar-refractivity contribution in [2.45, 2.75) is 0 Å². The SMILES string of the molecule is [CH2]CNc1ccccc1-c1cccc(F)c1. The molecule has 2 heteroatoms. The molecule has 0 aliphatic heterocycles. The van der Waals surface area contributed by atoms with E-state index in [0.717, 1.165) is 16.8 Å². The van der Waals surface area contributed by atoms with Crippen molar-refractivity contribution in [3.8, 4) is 11.1 Å². The van der Waals surface area contributed by atoms with Gasteiger partial charge in [0.2, 0.25) is 0 Å². The second-order valence-electron chi connectivity index (χ2n) is 3.48. The van der Waals surface area contributed by atoms with Crippen LogP contribution in [0.15, 0.2) is 48.5 Å². The van der Waals surface area contributed by atoms with Gasteiger partial charge in [-0.1, -0.05) is 30.3 Å². The summed E-state index contributed by atoms with van der Waals surface area (Å²) in [6.07, 6.45) is 0. The van der Waals surface area contributed by atoms with E-state index in [1.807, 2.05) is 30.3 Å². The Hall–Kier alpha value is -1.83. The fourth-order valence-corrected chi connectivity index (χ4v) is 1.68. The number of rotatable bonds is 3. The van der Waals surface area contributed by atoms with Gasteiger partial charge in [0.25, 0.3) is 0 Å². The molecule has 0 saturated carbocycles. The van der Waals surface area contributed by atoms with Crippen LogP contribution in [0.5, 0.6) is 0 Å². The van der Waals surface area contributed by atoms with Crippen LogP contribution < -0.4 is 5.32 Å². The highest BCUT2D eigenvalue weighted by Crippen LogP contribution is 2.27. The van der Waals surface area contributed by atoms with Crippen LogP contribution in [0.1, 0.15) is 0 Å². The van der Waals surface area contributed by atoms with Gasteiger partial charge in [0.15, 0.2) is 0 Å². The third-order valence-electron chi connectivity index (χ3n) is 2.38. The van der Waals surface area contributed by atoms with Gasteiger partial charge in [-0.05, 0) is 30.7 Å². The Bertz CT molecular complexity index is 480. The first-order chi connectivity index (χ1) is 7.81. The molecular weight excluding hydrogens is 201 g/mol. The van der Waals surface area contributed by atoms with E-state index in [4.69, 9.17) is 0 Å². The lowest BCUT2D eigenvalue weighted by Crippen LogP contribution is -1.98. The Kier molecular flexibility index (Phi) is 3.20. The molecule has 0 atom stereocenters. The van der Waals surface area contributed by atoms with Crippen molar-refractivity contribution in [1.82, 2.24) is 0 Å². The first-order valence-corrected chi connectivity index (χ1v) is 5.19. The lowest BCUT2D eigenvalue weighted by atomic mass is 10.0. The van der Waals surface area contributed by atoms with Crippen molar-refractivity contribution in [3.63, 3.8) is 0 Å². The number of benzene rings is 2. The third-order valence-corrected chi connectivity index (χ3v) is 2.38. The molecule has 2 aromatic rings. The Labute approximate surface area is 94.9 Å². The Morgan fingerprint density at radius 2 is 1.88 bits per heavy atom. The van der Waals surface area contributed by atoms with Gasteiger partial charge in [0.1, 0.15) is 5.82 Å². The molecule has 0 unspecified atom stereocenters. The minimum atomic E-state index is -0.220. The average molecular weight is 214 g/mol. The number of halogens is 1. The molecule has 0 aromatic heterocycles. The van der Waals surface area contributed by atoms with Crippen LogP contribution in [0, 0.1) is 12.7 Å². The Morgan fingerprint density at radius 1 is 1.06 bits per heavy atom. The zero-order valence-electron chi connectivity index (χ0n) is 8.91. The van der Waals surface area contributed by atoms with E-state index in [2.05, 4.69) is 12.2 Å². The number of hydrogen-bond acceptors (Lipinski definition) is 1. The van der Waals surface area contributed by atoms with Gasteiger partial charge in [-0.3, -0.25) is 0 Å². The van der Waals surface area contributed by atoms with Crippen molar-refractivity contribution >= 4 is 5.69 Å². The van der Waals surface area contributed by atoms with Crippen molar-refractivity contribution in [2.75, 3.05) is 11.9 Å². The summed E-state index contributed by atoms with van der Waals surface area (Å²) in [6, 6.07) is 14.4. The van der Waals surface area contributed by atoms with Gasteiger partial charge in [-0.2, -0.15) is 0 Å². The van der Waals surface area contributed by atoms with Crippen LogP contribution in [0.25, 0.3) is 11.1 Å². The van der Waals surface area contributed by atoms with Gasteiger partial charge in [0.05, 0.1) is 0 Å². The molecule has 1 N–H and O–H groups in total. The highest BCUT2D eigenvalue weighted by molar-refractivity contribution is 5.77. The lowest BCUT2D eigenvalue weighted by molar-refractivity contribution is 0.628. The molecule has 1 nitrogen and oxygen atoms in total. The summed E-state index contributed by atoms with van der Waals surface area (Å²) in [4.78, 5) is 0. The molecule has 2 rings (SSSR count). The van der Waals surface area contributed by atoms with E-state index in [1.165, 1.54) is 12.1 Å². The van der Waals surface area contributed by atoms with Crippen molar-refractivity contribution in [2.24, 2.45) is 0 Å². The predicted octanol–water partition coefficient (Wildman–Crippen LogP) is 3.74. The molecule has 2 aromatic carbocycles. The molecule has 0 spiro atoms. The third kappa shape index (κ3) is 2.22. The average Bonchev–Trinajstić information content (AvgIpc) is 2.30. The van der Waals surface area contributed by atoms with E-state index in [-0.39, 0.29) is 5.82 Å². The molecule has 0 saturated heterocycles. The smallest absolute Gasteiger partial charge is 0.123 e. The highest BCUT2D eigenvalue weighted by Gasteiger charge is 2.03. The minimum absolute atomic E-state index is 0.220. The summed E-state index contributed by atoms with van der Waals surface area (Å²) in [5.74, 6) is -0.220. The zero-order valence-corrected chi connectivity index (χ0v) is 8.91. The summed E-state index contributed by atoms with van der Waals surface area (Å²) >= 11 is 0. The normalized spacial score (nSPS) is 10.1. The number of nitrogens with one attached hydrogen (secondary N) is 1. The standard InChI is InChI=1S/C14H13FN/c1-2-16-14-9-4-3-8-13(14)11-6-5-7-12(15)10-11/h3-10,16H,1-2H2. The number of hydrogen-bond donors (Lipinski definition) is 1. The molecule has 0 heterocycles. The number of anilines is 1. The summed E-state index contributed by atoms with van der Waals surface area (Å²) in [6.45, 7) is 4.35. The van der Waals surface area contributed by atoms with E-state index < -0.39 is 0 Å². The van der Waals surface area contributed by atoms with E-state index in [9.17, 15) is 4.39 Å². The highest BCUT2D eigenvalue weighted by atomic mass is 19.1. The van der Waals surface area contributed by atoms with E-state index in [0.29, 0.717) is 6.54 Å². The maximum Gasteiger partial charge on any atom is 0.123 e. The lowest BCUT2D eigenvalue weighted by Gasteiger charge is -2.10. The summed E-state index contributed by atoms with van der Waals surface area (Å²) in [5, 5.41) is 3.16. The van der Waals surface area contributed by atoms with Crippen LogP contribution in [0.4, 0.5) is 10.1 Å². The quantitative estimate of drug-likeness (QED) is 0.820. The van der Waals surface area contributed by atoms with Gasteiger partial charge >= 0.3 is 0 Å². The van der Waals surface area contributed by atoms with E-state index >= 15 is 0 Å². The first-order valence-electron chi connectivity index (χ1n) is 5.19. The molecule has 16 heavy (non-hydrogen) atoms. The fourth-order valence-electron chi connectivity index (χ4n) is 1.68. The van der Waals surface area contributed by atoms with Crippen LogP contribution in [-0.4, -0.2) is 6.54 Å². The van der Waals surface area contributed by atoms with Gasteiger partial charge in [-0.25, -0.2) is 4.39 Å². The summed E-state index contributed by atoms with van der Waals surface area (Å²) in [7, 11) is 0. The second kappa shape index (κ2) is 4.79. The van der Waals surface area contributed by atoms with Crippen LogP contribution >= 0.6 is 0 Å². The fraction of sp³-hybridized carbons (Fsp3) is 0.0714. The zero-order chi connectivity index (χ0) is 11.4. The summed E-state index contributed by atoms with van der Waals surface area (Å²) < 4.78 is 13.1. The molecule has 1 radical (unpaired) electrons. The maximum atomic E-state index is 13.1. The number of para-hydroxylation sites is 1. The van der Waals surface area contributed by atoms with E-state index in [1.54, 1.807) is 6.07 Å². The maximum absolute atomic E-state index is 13.1. The second-order valence-corrected chi connectivity index (χ2v) is 3.48. The monoisotopic (exact) mass is 214 g/mol. The van der Waals surface area contributed by atoms with Crippen LogP contribution in [-0.2, 0) is 0 Å². The van der Waals surface area contributed by atoms with Crippen molar-refractivity contribution in [3.05, 3.63) is 61.3 Å². The Balaban J connectivity index is 2.46.